The van der Waals surface area contributed by atoms with Crippen LogP contribution in [0.4, 0.5) is 0 Å². The van der Waals surface area contributed by atoms with Crippen molar-refractivity contribution in [2.45, 2.75) is 70.1 Å². The molecule has 1 aliphatic carbocycles. The summed E-state index contributed by atoms with van der Waals surface area (Å²) in [6, 6.07) is 6.51. The largest absolute Gasteiger partial charge is 0.381 e. The second-order valence-corrected chi connectivity index (χ2v) is 8.47. The number of ether oxygens (including phenoxy) is 1. The fourth-order valence-electron chi connectivity index (χ4n) is 5.02. The molecule has 2 aromatic rings. The number of nitrogens with one attached hydrogen (secondary N) is 1. The van der Waals surface area contributed by atoms with Crippen LogP contribution in [0.25, 0.3) is 11.0 Å². The zero-order chi connectivity index (χ0) is 18.3. The molecule has 0 atom stereocenters. The van der Waals surface area contributed by atoms with Gasteiger partial charge in [-0.2, -0.15) is 0 Å². The van der Waals surface area contributed by atoms with Crippen molar-refractivity contribution >= 4 is 11.0 Å². The van der Waals surface area contributed by atoms with E-state index in [1.54, 1.807) is 0 Å². The second kappa shape index (κ2) is 6.86. The third-order valence-electron chi connectivity index (χ3n) is 6.81. The molecule has 26 heavy (non-hydrogen) atoms. The molecule has 4 rings (SSSR count). The van der Waals surface area contributed by atoms with E-state index in [1.165, 1.54) is 18.4 Å². The van der Waals surface area contributed by atoms with E-state index in [0.29, 0.717) is 17.7 Å². The molecule has 0 bridgehead atoms. The number of aromatic nitrogens is 2. The van der Waals surface area contributed by atoms with Crippen LogP contribution in [0.3, 0.4) is 0 Å². The van der Waals surface area contributed by atoms with Gasteiger partial charge in [-0.15, -0.1) is 0 Å². The summed E-state index contributed by atoms with van der Waals surface area (Å²) in [4.78, 5) is 18.2. The van der Waals surface area contributed by atoms with E-state index in [4.69, 9.17) is 4.74 Å². The third-order valence-corrected chi connectivity index (χ3v) is 6.81. The lowest BCUT2D eigenvalue weighted by atomic mass is 9.79. The number of rotatable bonds is 3. The van der Waals surface area contributed by atoms with Crippen LogP contribution in [0, 0.1) is 6.92 Å². The Morgan fingerprint density at radius 2 is 1.85 bits per heavy atom. The standard InChI is InChI=1S/C21H31N3O2/c1-15-4-5-18-19(14-15)24(20(25)22-18)16-8-12-23(13-9-16)21(2)10-6-17(26-3)7-11-21/h4-5,14,16-17H,6-13H2,1-3H3,(H,22,25)/t17-,21-. The lowest BCUT2D eigenvalue weighted by molar-refractivity contribution is -0.0146. The van der Waals surface area contributed by atoms with E-state index in [1.807, 2.05) is 17.7 Å². The molecule has 1 aromatic carbocycles. The molecule has 0 amide bonds. The number of likely N-dealkylation sites (tertiary alicyclic amines) is 1. The van der Waals surface area contributed by atoms with E-state index < -0.39 is 0 Å². The maximum absolute atomic E-state index is 12.5. The highest BCUT2D eigenvalue weighted by atomic mass is 16.5. The van der Waals surface area contributed by atoms with E-state index in [2.05, 4.69) is 35.9 Å². The first-order valence-electron chi connectivity index (χ1n) is 9.99. The molecule has 5 heteroatoms. The summed E-state index contributed by atoms with van der Waals surface area (Å²) in [7, 11) is 1.83. The molecule has 1 saturated carbocycles. The lowest BCUT2D eigenvalue weighted by Crippen LogP contribution is -2.52. The lowest BCUT2D eigenvalue weighted by Gasteiger charge is -2.48. The van der Waals surface area contributed by atoms with Gasteiger partial charge in [0.15, 0.2) is 0 Å². The minimum absolute atomic E-state index is 0.0378. The number of fused-ring (bicyclic) bond motifs is 1. The van der Waals surface area contributed by atoms with Gasteiger partial charge in [-0.3, -0.25) is 9.47 Å². The van der Waals surface area contributed by atoms with Crippen molar-refractivity contribution in [1.29, 1.82) is 0 Å². The number of nitrogens with zero attached hydrogens (tertiary/aromatic N) is 2. The highest BCUT2D eigenvalue weighted by Gasteiger charge is 2.38. The van der Waals surface area contributed by atoms with Crippen LogP contribution >= 0.6 is 0 Å². The van der Waals surface area contributed by atoms with Crippen molar-refractivity contribution in [2.75, 3.05) is 20.2 Å². The number of piperidine rings is 1. The minimum Gasteiger partial charge on any atom is -0.381 e. The summed E-state index contributed by atoms with van der Waals surface area (Å²) in [5.74, 6) is 0. The summed E-state index contributed by atoms with van der Waals surface area (Å²) >= 11 is 0. The Hall–Kier alpha value is -1.59. The SMILES string of the molecule is CO[C@H]1CC[C@](C)(N2CCC(n3c(=O)[nH]c4ccc(C)cc43)CC2)CC1. The van der Waals surface area contributed by atoms with E-state index >= 15 is 0 Å². The first-order chi connectivity index (χ1) is 12.5. The maximum Gasteiger partial charge on any atom is 0.326 e. The van der Waals surface area contributed by atoms with Crippen LogP contribution in [0.5, 0.6) is 0 Å². The molecule has 1 aromatic heterocycles. The molecule has 2 fully saturated rings. The topological polar surface area (TPSA) is 50.3 Å². The Labute approximate surface area is 155 Å². The number of aryl methyl sites for hydroxylation is 1. The average Bonchev–Trinajstić information content (AvgIpc) is 2.97. The Balaban J connectivity index is 1.48. The number of imidazole rings is 1. The van der Waals surface area contributed by atoms with Crippen molar-refractivity contribution in [3.63, 3.8) is 0 Å². The van der Waals surface area contributed by atoms with Crippen molar-refractivity contribution in [3.05, 3.63) is 34.2 Å². The van der Waals surface area contributed by atoms with Gasteiger partial charge in [0.1, 0.15) is 0 Å². The zero-order valence-electron chi connectivity index (χ0n) is 16.3. The number of hydrogen-bond donors (Lipinski definition) is 1. The number of methoxy groups -OCH3 is 1. The van der Waals surface area contributed by atoms with Gasteiger partial charge < -0.3 is 9.72 Å². The fourth-order valence-corrected chi connectivity index (χ4v) is 5.02. The van der Waals surface area contributed by atoms with E-state index in [-0.39, 0.29) is 5.69 Å². The van der Waals surface area contributed by atoms with Crippen molar-refractivity contribution in [3.8, 4) is 0 Å². The van der Waals surface area contributed by atoms with E-state index in [9.17, 15) is 4.79 Å². The van der Waals surface area contributed by atoms with Crippen LogP contribution in [-0.4, -0.2) is 46.3 Å². The molecule has 142 valence electrons. The zero-order valence-corrected chi connectivity index (χ0v) is 16.3. The minimum atomic E-state index is 0.0378. The van der Waals surface area contributed by atoms with Gasteiger partial charge in [0.2, 0.25) is 0 Å². The summed E-state index contributed by atoms with van der Waals surface area (Å²) in [5.41, 5.74) is 3.54. The Kier molecular flexibility index (Phi) is 4.70. The van der Waals surface area contributed by atoms with Crippen LogP contribution in [0.2, 0.25) is 0 Å². The molecule has 5 nitrogen and oxygen atoms in total. The molecular formula is C21H31N3O2. The van der Waals surface area contributed by atoms with Gasteiger partial charge in [0.25, 0.3) is 0 Å². The number of benzene rings is 1. The number of H-pyrrole nitrogens is 1. The smallest absolute Gasteiger partial charge is 0.326 e. The van der Waals surface area contributed by atoms with Crippen LogP contribution in [0.15, 0.2) is 23.0 Å². The second-order valence-electron chi connectivity index (χ2n) is 8.47. The molecule has 2 aliphatic rings. The molecule has 1 N–H and O–H groups in total. The predicted octanol–water partition coefficient (Wildman–Crippen LogP) is 3.62. The molecular weight excluding hydrogens is 326 g/mol. The van der Waals surface area contributed by atoms with Crippen LogP contribution in [0.1, 0.15) is 57.1 Å². The average molecular weight is 357 g/mol. The van der Waals surface area contributed by atoms with Crippen molar-refractivity contribution in [2.24, 2.45) is 0 Å². The van der Waals surface area contributed by atoms with E-state index in [0.717, 1.165) is 49.8 Å². The highest BCUT2D eigenvalue weighted by Crippen LogP contribution is 2.37. The van der Waals surface area contributed by atoms with Gasteiger partial charge in [0.05, 0.1) is 17.1 Å². The summed E-state index contributed by atoms with van der Waals surface area (Å²) in [5, 5.41) is 0. The molecule has 1 saturated heterocycles. The van der Waals surface area contributed by atoms with Gasteiger partial charge in [0, 0.05) is 31.8 Å². The maximum atomic E-state index is 12.5. The Morgan fingerprint density at radius 1 is 1.15 bits per heavy atom. The third kappa shape index (κ3) is 3.12. The quantitative estimate of drug-likeness (QED) is 0.913. The molecule has 0 spiro atoms. The van der Waals surface area contributed by atoms with Crippen molar-refractivity contribution in [1.82, 2.24) is 14.5 Å². The van der Waals surface area contributed by atoms with Crippen molar-refractivity contribution < 1.29 is 4.74 Å². The molecule has 1 aliphatic heterocycles. The highest BCUT2D eigenvalue weighted by molar-refractivity contribution is 5.76. The molecule has 0 radical (unpaired) electrons. The summed E-state index contributed by atoms with van der Waals surface area (Å²) in [6.45, 7) is 6.65. The molecule has 2 heterocycles. The van der Waals surface area contributed by atoms with Crippen LogP contribution < -0.4 is 5.69 Å². The number of hydrogen-bond acceptors (Lipinski definition) is 3. The Morgan fingerprint density at radius 3 is 2.50 bits per heavy atom. The number of aromatic amines is 1. The van der Waals surface area contributed by atoms with Crippen LogP contribution in [-0.2, 0) is 4.74 Å². The fraction of sp³-hybridized carbons (Fsp3) is 0.667. The van der Waals surface area contributed by atoms with Gasteiger partial charge in [-0.1, -0.05) is 6.07 Å². The first-order valence-corrected chi connectivity index (χ1v) is 9.99. The molecule has 0 unspecified atom stereocenters. The van der Waals surface area contributed by atoms with Gasteiger partial charge in [-0.05, 0) is 70.1 Å². The normalized spacial score (nSPS) is 28.7. The first kappa shape index (κ1) is 17.8. The monoisotopic (exact) mass is 357 g/mol. The van der Waals surface area contributed by atoms with Gasteiger partial charge >= 0.3 is 5.69 Å². The Bertz CT molecular complexity index is 821. The predicted molar refractivity (Wildman–Crippen MR) is 105 cm³/mol. The van der Waals surface area contributed by atoms with Gasteiger partial charge in [-0.25, -0.2) is 4.79 Å². The summed E-state index contributed by atoms with van der Waals surface area (Å²) in [6.07, 6.45) is 7.27. The summed E-state index contributed by atoms with van der Waals surface area (Å²) < 4.78 is 7.55.